The van der Waals surface area contributed by atoms with Crippen LogP contribution < -0.4 is 5.32 Å². The molecule has 2 aliphatic rings. The monoisotopic (exact) mass is 280 g/mol. The minimum Gasteiger partial charge on any atom is -0.337 e. The van der Waals surface area contributed by atoms with Crippen LogP contribution in [0.3, 0.4) is 0 Å². The van der Waals surface area contributed by atoms with E-state index in [2.05, 4.69) is 29.6 Å². The number of nitrogens with zero attached hydrogens (tertiary/aromatic N) is 1. The Morgan fingerprint density at radius 3 is 2.74 bits per heavy atom. The summed E-state index contributed by atoms with van der Waals surface area (Å²) >= 11 is 0. The Balaban J connectivity index is 0.00000133. The molecule has 0 saturated heterocycles. The van der Waals surface area contributed by atoms with Gasteiger partial charge < -0.3 is 10.2 Å². The van der Waals surface area contributed by atoms with Gasteiger partial charge in [0.05, 0.1) is 6.54 Å². The summed E-state index contributed by atoms with van der Waals surface area (Å²) in [5.74, 6) is 1.07. The molecule has 1 aliphatic carbocycles. The zero-order chi connectivity index (χ0) is 12.4. The van der Waals surface area contributed by atoms with Crippen LogP contribution in [0, 0.1) is 5.92 Å². The quantitative estimate of drug-likeness (QED) is 0.915. The van der Waals surface area contributed by atoms with Crippen molar-refractivity contribution in [1.29, 1.82) is 0 Å². The lowest BCUT2D eigenvalue weighted by atomic mass is 10.00. The van der Waals surface area contributed by atoms with E-state index in [4.69, 9.17) is 0 Å². The van der Waals surface area contributed by atoms with Gasteiger partial charge >= 0.3 is 0 Å². The third-order valence-corrected chi connectivity index (χ3v) is 3.89. The summed E-state index contributed by atoms with van der Waals surface area (Å²) < 4.78 is 0. The molecule has 0 spiro atoms. The van der Waals surface area contributed by atoms with Gasteiger partial charge in [-0.05, 0) is 42.9 Å². The Hall–Kier alpha value is -1.06. The predicted octanol–water partition coefficient (Wildman–Crippen LogP) is 1.99. The molecule has 3 nitrogen and oxygen atoms in total. The summed E-state index contributed by atoms with van der Waals surface area (Å²) in [7, 11) is 0. The zero-order valence-corrected chi connectivity index (χ0v) is 11.9. The van der Waals surface area contributed by atoms with Gasteiger partial charge in [0.15, 0.2) is 0 Å². The number of carbonyl (C=O) groups excluding carboxylic acids is 1. The van der Waals surface area contributed by atoms with Gasteiger partial charge in [0, 0.05) is 13.1 Å². The van der Waals surface area contributed by atoms with E-state index in [1.165, 1.54) is 24.0 Å². The Morgan fingerprint density at radius 1 is 1.26 bits per heavy atom. The maximum absolute atomic E-state index is 12.1. The number of hydrogen-bond donors (Lipinski definition) is 1. The van der Waals surface area contributed by atoms with Crippen LogP contribution in [0.5, 0.6) is 0 Å². The molecule has 1 amide bonds. The van der Waals surface area contributed by atoms with Gasteiger partial charge in [-0.1, -0.05) is 24.3 Å². The second kappa shape index (κ2) is 6.40. The summed E-state index contributed by atoms with van der Waals surface area (Å²) in [6, 6.07) is 8.43. The molecule has 1 heterocycles. The van der Waals surface area contributed by atoms with Crippen LogP contribution in [0.4, 0.5) is 0 Å². The molecule has 0 atom stereocenters. The molecule has 1 fully saturated rings. The van der Waals surface area contributed by atoms with Gasteiger partial charge in [-0.2, -0.15) is 0 Å². The van der Waals surface area contributed by atoms with E-state index in [0.29, 0.717) is 6.54 Å². The fraction of sp³-hybridized carbons (Fsp3) is 0.533. The Bertz CT molecular complexity index is 446. The van der Waals surface area contributed by atoms with Crippen molar-refractivity contribution in [3.8, 4) is 0 Å². The third-order valence-electron chi connectivity index (χ3n) is 3.89. The molecule has 1 saturated carbocycles. The molecule has 1 aromatic carbocycles. The van der Waals surface area contributed by atoms with Crippen LogP contribution in [-0.4, -0.2) is 30.4 Å². The number of benzene rings is 1. The average Bonchev–Trinajstić information content (AvgIpc) is 3.22. The van der Waals surface area contributed by atoms with E-state index in [9.17, 15) is 4.79 Å². The number of carbonyl (C=O) groups is 1. The van der Waals surface area contributed by atoms with Crippen LogP contribution in [0.25, 0.3) is 0 Å². The van der Waals surface area contributed by atoms with Crippen LogP contribution in [0.1, 0.15) is 24.0 Å². The lowest BCUT2D eigenvalue weighted by Crippen LogP contribution is -2.41. The predicted molar refractivity (Wildman–Crippen MR) is 78.4 cm³/mol. The highest BCUT2D eigenvalue weighted by Crippen LogP contribution is 2.27. The minimum atomic E-state index is 0. The summed E-state index contributed by atoms with van der Waals surface area (Å²) in [6.07, 6.45) is 3.65. The molecule has 1 N–H and O–H groups in total. The number of nitrogens with one attached hydrogen (secondary N) is 1. The first-order chi connectivity index (χ1) is 8.83. The Labute approximate surface area is 120 Å². The minimum absolute atomic E-state index is 0. The van der Waals surface area contributed by atoms with Gasteiger partial charge in [0.1, 0.15) is 0 Å². The van der Waals surface area contributed by atoms with Crippen molar-refractivity contribution in [3.05, 3.63) is 35.4 Å². The lowest BCUT2D eigenvalue weighted by molar-refractivity contribution is -0.131. The molecular weight excluding hydrogens is 260 g/mol. The SMILES string of the molecule is Cl.O=C(CNCC1CC1)N1CCc2ccccc2C1. The molecule has 0 aromatic heterocycles. The highest BCUT2D eigenvalue weighted by Gasteiger charge is 2.23. The molecule has 1 aliphatic heterocycles. The van der Waals surface area contributed by atoms with Gasteiger partial charge in [-0.15, -0.1) is 12.4 Å². The highest BCUT2D eigenvalue weighted by atomic mass is 35.5. The van der Waals surface area contributed by atoms with E-state index >= 15 is 0 Å². The average molecular weight is 281 g/mol. The van der Waals surface area contributed by atoms with Crippen LogP contribution in [0.15, 0.2) is 24.3 Å². The van der Waals surface area contributed by atoms with Crippen molar-refractivity contribution >= 4 is 18.3 Å². The van der Waals surface area contributed by atoms with Crippen LogP contribution in [-0.2, 0) is 17.8 Å². The molecule has 0 bridgehead atoms. The van der Waals surface area contributed by atoms with Crippen LogP contribution >= 0.6 is 12.4 Å². The summed E-state index contributed by atoms with van der Waals surface area (Å²) in [5, 5.41) is 3.28. The van der Waals surface area contributed by atoms with Gasteiger partial charge in [-0.3, -0.25) is 4.79 Å². The van der Waals surface area contributed by atoms with E-state index in [-0.39, 0.29) is 18.3 Å². The summed E-state index contributed by atoms with van der Waals surface area (Å²) in [5.41, 5.74) is 2.70. The first kappa shape index (κ1) is 14.4. The second-order valence-electron chi connectivity index (χ2n) is 5.41. The van der Waals surface area contributed by atoms with Crippen molar-refractivity contribution < 1.29 is 4.79 Å². The van der Waals surface area contributed by atoms with E-state index in [1.807, 2.05) is 4.90 Å². The van der Waals surface area contributed by atoms with Gasteiger partial charge in [0.2, 0.25) is 5.91 Å². The molecular formula is C15H21ClN2O. The van der Waals surface area contributed by atoms with E-state index < -0.39 is 0 Å². The smallest absolute Gasteiger partial charge is 0.236 e. The van der Waals surface area contributed by atoms with Gasteiger partial charge in [-0.25, -0.2) is 0 Å². The Morgan fingerprint density at radius 2 is 2.00 bits per heavy atom. The van der Waals surface area contributed by atoms with Crippen molar-refractivity contribution in [2.75, 3.05) is 19.6 Å². The maximum atomic E-state index is 12.1. The largest absolute Gasteiger partial charge is 0.337 e. The molecule has 0 radical (unpaired) electrons. The maximum Gasteiger partial charge on any atom is 0.236 e. The molecule has 1 aromatic rings. The number of halogens is 1. The number of amides is 1. The van der Waals surface area contributed by atoms with E-state index in [0.717, 1.165) is 32.0 Å². The fourth-order valence-electron chi connectivity index (χ4n) is 2.53. The lowest BCUT2D eigenvalue weighted by Gasteiger charge is -2.29. The first-order valence-electron chi connectivity index (χ1n) is 6.88. The third kappa shape index (κ3) is 3.71. The number of fused-ring (bicyclic) bond motifs is 1. The molecule has 4 heteroatoms. The summed E-state index contributed by atoms with van der Waals surface area (Å²) in [4.78, 5) is 14.0. The fourth-order valence-corrected chi connectivity index (χ4v) is 2.53. The second-order valence-corrected chi connectivity index (χ2v) is 5.41. The van der Waals surface area contributed by atoms with Crippen molar-refractivity contribution in [1.82, 2.24) is 10.2 Å². The normalized spacial score (nSPS) is 17.6. The number of rotatable bonds is 4. The van der Waals surface area contributed by atoms with Crippen molar-refractivity contribution in [2.24, 2.45) is 5.92 Å². The molecule has 19 heavy (non-hydrogen) atoms. The first-order valence-corrected chi connectivity index (χ1v) is 6.88. The Kier molecular flexibility index (Phi) is 4.83. The summed E-state index contributed by atoms with van der Waals surface area (Å²) in [6.45, 7) is 3.15. The van der Waals surface area contributed by atoms with Gasteiger partial charge in [0.25, 0.3) is 0 Å². The molecule has 3 rings (SSSR count). The molecule has 0 unspecified atom stereocenters. The number of hydrogen-bond acceptors (Lipinski definition) is 2. The van der Waals surface area contributed by atoms with Crippen molar-refractivity contribution in [3.63, 3.8) is 0 Å². The van der Waals surface area contributed by atoms with E-state index in [1.54, 1.807) is 0 Å². The zero-order valence-electron chi connectivity index (χ0n) is 11.1. The van der Waals surface area contributed by atoms with Crippen LogP contribution in [0.2, 0.25) is 0 Å². The highest BCUT2D eigenvalue weighted by molar-refractivity contribution is 5.85. The topological polar surface area (TPSA) is 32.3 Å². The standard InChI is InChI=1S/C15H20N2O.ClH/c18-15(10-16-9-12-5-6-12)17-8-7-13-3-1-2-4-14(13)11-17;/h1-4,12,16H,5-11H2;1H. The molecule has 104 valence electrons. The van der Waals surface area contributed by atoms with Crippen molar-refractivity contribution in [2.45, 2.75) is 25.8 Å².